The van der Waals surface area contributed by atoms with Gasteiger partial charge in [0.25, 0.3) is 0 Å². The molecule has 1 heterocycles. The van der Waals surface area contributed by atoms with E-state index in [-0.39, 0.29) is 18.2 Å². The minimum Gasteiger partial charge on any atom is -0.444 e. The van der Waals surface area contributed by atoms with E-state index >= 15 is 0 Å². The number of amides is 1. The first-order valence-electron chi connectivity index (χ1n) is 7.52. The van der Waals surface area contributed by atoms with Crippen LogP contribution in [0.15, 0.2) is 0 Å². The van der Waals surface area contributed by atoms with Crippen LogP contribution in [0.25, 0.3) is 0 Å². The van der Waals surface area contributed by atoms with Crippen molar-refractivity contribution in [3.8, 4) is 6.07 Å². The van der Waals surface area contributed by atoms with Gasteiger partial charge in [0.15, 0.2) is 0 Å². The molecule has 0 aromatic rings. The number of rotatable bonds is 3. The van der Waals surface area contributed by atoms with Crippen molar-refractivity contribution in [1.82, 2.24) is 10.2 Å². The summed E-state index contributed by atoms with van der Waals surface area (Å²) in [7, 11) is 0. The molecule has 20 heavy (non-hydrogen) atoms. The number of nitrogens with one attached hydrogen (secondary N) is 1. The van der Waals surface area contributed by atoms with Crippen molar-refractivity contribution in [2.45, 2.75) is 64.1 Å². The molecule has 2 aliphatic rings. The molecule has 112 valence electrons. The first-order chi connectivity index (χ1) is 9.39. The van der Waals surface area contributed by atoms with Gasteiger partial charge in [0, 0.05) is 19.1 Å². The zero-order valence-corrected chi connectivity index (χ0v) is 12.7. The van der Waals surface area contributed by atoms with E-state index in [1.807, 2.05) is 20.8 Å². The zero-order chi connectivity index (χ0) is 14.8. The summed E-state index contributed by atoms with van der Waals surface area (Å²) >= 11 is 0. The fraction of sp³-hybridized carbons (Fsp3) is 0.867. The second-order valence-corrected chi connectivity index (χ2v) is 6.90. The normalized spacial score (nSPS) is 22.2. The molecule has 0 radical (unpaired) electrons. The molecule has 1 amide bonds. The molecule has 0 aromatic carbocycles. The first-order valence-corrected chi connectivity index (χ1v) is 7.52. The lowest BCUT2D eigenvalue weighted by Gasteiger charge is -2.41. The fourth-order valence-electron chi connectivity index (χ4n) is 2.88. The van der Waals surface area contributed by atoms with E-state index in [2.05, 4.69) is 11.4 Å². The van der Waals surface area contributed by atoms with Crippen molar-refractivity contribution in [3.63, 3.8) is 0 Å². The van der Waals surface area contributed by atoms with Gasteiger partial charge < -0.3 is 9.64 Å². The summed E-state index contributed by atoms with van der Waals surface area (Å²) in [5.41, 5.74) is -0.450. The van der Waals surface area contributed by atoms with Crippen molar-refractivity contribution < 1.29 is 9.53 Å². The highest BCUT2D eigenvalue weighted by Gasteiger charge is 2.36. The van der Waals surface area contributed by atoms with Crippen LogP contribution >= 0.6 is 0 Å². The van der Waals surface area contributed by atoms with Gasteiger partial charge in [0.05, 0.1) is 12.1 Å². The van der Waals surface area contributed by atoms with Crippen LogP contribution in [0.5, 0.6) is 0 Å². The van der Waals surface area contributed by atoms with Gasteiger partial charge in [-0.25, -0.2) is 4.79 Å². The van der Waals surface area contributed by atoms with E-state index < -0.39 is 5.60 Å². The average Bonchev–Trinajstić information content (AvgIpc) is 2.78. The molecule has 0 bridgehead atoms. The van der Waals surface area contributed by atoms with Gasteiger partial charge in [-0.3, -0.25) is 5.32 Å². The quantitative estimate of drug-likeness (QED) is 0.860. The highest BCUT2D eigenvalue weighted by Crippen LogP contribution is 2.28. The third-order valence-corrected chi connectivity index (χ3v) is 3.96. The molecule has 0 aromatic heterocycles. The van der Waals surface area contributed by atoms with Crippen molar-refractivity contribution in [3.05, 3.63) is 0 Å². The number of likely N-dealkylation sites (tertiary alicyclic amines) is 1. The summed E-state index contributed by atoms with van der Waals surface area (Å²) in [5, 5.41) is 12.6. The Bertz CT molecular complexity index is 385. The van der Waals surface area contributed by atoms with E-state index in [1.54, 1.807) is 4.90 Å². The molecule has 0 unspecified atom stereocenters. The first kappa shape index (κ1) is 15.1. The number of nitriles is 1. The van der Waals surface area contributed by atoms with Crippen LogP contribution < -0.4 is 5.32 Å². The Morgan fingerprint density at radius 1 is 1.35 bits per heavy atom. The Morgan fingerprint density at radius 3 is 2.45 bits per heavy atom. The number of carbonyl (C=O) groups excluding carboxylic acids is 1. The van der Waals surface area contributed by atoms with Crippen molar-refractivity contribution in [2.24, 2.45) is 5.92 Å². The van der Waals surface area contributed by atoms with Crippen molar-refractivity contribution in [1.29, 1.82) is 5.26 Å². The van der Waals surface area contributed by atoms with E-state index in [0.29, 0.717) is 19.0 Å². The molecule has 1 atom stereocenters. The number of hydrogen-bond donors (Lipinski definition) is 1. The molecular weight excluding hydrogens is 254 g/mol. The SMILES string of the molecule is CC(C)(C)OC(=O)N1CC(N[C@H](C#N)C2CCCC2)C1. The van der Waals surface area contributed by atoms with Gasteiger partial charge in [-0.15, -0.1) is 0 Å². The lowest BCUT2D eigenvalue weighted by Crippen LogP contribution is -2.62. The Kier molecular flexibility index (Phi) is 4.54. The lowest BCUT2D eigenvalue weighted by molar-refractivity contribution is 0.00418. The molecule has 5 heteroatoms. The number of hydrogen-bond acceptors (Lipinski definition) is 4. The predicted molar refractivity (Wildman–Crippen MR) is 76.1 cm³/mol. The summed E-state index contributed by atoms with van der Waals surface area (Å²) in [6.45, 7) is 6.88. The molecule has 2 rings (SSSR count). The minimum absolute atomic E-state index is 0.0664. The second-order valence-electron chi connectivity index (χ2n) is 6.90. The third-order valence-electron chi connectivity index (χ3n) is 3.96. The number of ether oxygens (including phenoxy) is 1. The molecule has 2 fully saturated rings. The van der Waals surface area contributed by atoms with Crippen LogP contribution in [0.3, 0.4) is 0 Å². The van der Waals surface area contributed by atoms with Gasteiger partial charge in [-0.05, 0) is 39.5 Å². The lowest BCUT2D eigenvalue weighted by atomic mass is 9.97. The molecule has 5 nitrogen and oxygen atoms in total. The summed E-state index contributed by atoms with van der Waals surface area (Å²) < 4.78 is 5.32. The topological polar surface area (TPSA) is 65.4 Å². The second kappa shape index (κ2) is 6.01. The molecular formula is C15H25N3O2. The van der Waals surface area contributed by atoms with Crippen molar-refractivity contribution >= 4 is 6.09 Å². The molecule has 1 aliphatic carbocycles. The number of carbonyl (C=O) groups is 1. The zero-order valence-electron chi connectivity index (χ0n) is 12.7. The van der Waals surface area contributed by atoms with Crippen molar-refractivity contribution in [2.75, 3.05) is 13.1 Å². The van der Waals surface area contributed by atoms with Crippen LogP contribution in [0.4, 0.5) is 4.79 Å². The summed E-state index contributed by atoms with van der Waals surface area (Å²) in [5.74, 6) is 0.482. The molecule has 1 aliphatic heterocycles. The van der Waals surface area contributed by atoms with Gasteiger partial charge >= 0.3 is 6.09 Å². The number of nitrogens with zero attached hydrogens (tertiary/aromatic N) is 2. The predicted octanol–water partition coefficient (Wildman–Crippen LogP) is 2.28. The van der Waals surface area contributed by atoms with E-state index in [9.17, 15) is 10.1 Å². The Labute approximate surface area is 121 Å². The molecule has 1 saturated heterocycles. The third kappa shape index (κ3) is 3.86. The van der Waals surface area contributed by atoms with E-state index in [4.69, 9.17) is 4.74 Å². The van der Waals surface area contributed by atoms with E-state index in [0.717, 1.165) is 12.8 Å². The Hall–Kier alpha value is -1.28. The van der Waals surface area contributed by atoms with Crippen LogP contribution in [-0.4, -0.2) is 41.8 Å². The highest BCUT2D eigenvalue weighted by atomic mass is 16.6. The van der Waals surface area contributed by atoms with Gasteiger partial charge in [0.2, 0.25) is 0 Å². The van der Waals surface area contributed by atoms with Crippen LogP contribution in [0.1, 0.15) is 46.5 Å². The van der Waals surface area contributed by atoms with Crippen LogP contribution in [-0.2, 0) is 4.74 Å². The highest BCUT2D eigenvalue weighted by molar-refractivity contribution is 5.69. The Morgan fingerprint density at radius 2 is 1.95 bits per heavy atom. The summed E-state index contributed by atoms with van der Waals surface area (Å²) in [6.07, 6.45) is 4.50. The largest absolute Gasteiger partial charge is 0.444 e. The monoisotopic (exact) mass is 279 g/mol. The summed E-state index contributed by atoms with van der Waals surface area (Å²) in [4.78, 5) is 13.5. The standard InChI is InChI=1S/C15H25N3O2/c1-15(2,3)20-14(19)18-9-12(10-18)17-13(8-16)11-6-4-5-7-11/h11-13,17H,4-7,9-10H2,1-3H3/t13-/m1/s1. The Balaban J connectivity index is 1.73. The van der Waals surface area contributed by atoms with E-state index in [1.165, 1.54) is 12.8 Å². The maximum atomic E-state index is 11.8. The van der Waals surface area contributed by atoms with Crippen LogP contribution in [0, 0.1) is 17.2 Å². The maximum absolute atomic E-state index is 11.8. The molecule has 1 saturated carbocycles. The molecule has 0 spiro atoms. The van der Waals surface area contributed by atoms with Crippen LogP contribution in [0.2, 0.25) is 0 Å². The van der Waals surface area contributed by atoms with Gasteiger partial charge in [0.1, 0.15) is 5.60 Å². The summed E-state index contributed by atoms with van der Waals surface area (Å²) in [6, 6.07) is 2.54. The minimum atomic E-state index is -0.450. The smallest absolute Gasteiger partial charge is 0.410 e. The maximum Gasteiger partial charge on any atom is 0.410 e. The fourth-order valence-corrected chi connectivity index (χ4v) is 2.88. The van der Waals surface area contributed by atoms with Gasteiger partial charge in [-0.1, -0.05) is 12.8 Å². The van der Waals surface area contributed by atoms with Gasteiger partial charge in [-0.2, -0.15) is 5.26 Å². The molecule has 1 N–H and O–H groups in total. The average molecular weight is 279 g/mol.